The molecule has 3 unspecified atom stereocenters. The van der Waals surface area contributed by atoms with Gasteiger partial charge < -0.3 is 9.84 Å². The predicted molar refractivity (Wildman–Crippen MR) is 47.7 cm³/mol. The summed E-state index contributed by atoms with van der Waals surface area (Å²) in [7, 11) is 0. The maximum absolute atomic E-state index is 11.3. The number of rotatable bonds is 1. The van der Waals surface area contributed by atoms with Gasteiger partial charge in [-0.1, -0.05) is 0 Å². The molecule has 2 aliphatic rings. The van der Waals surface area contributed by atoms with Gasteiger partial charge in [0.25, 0.3) is 0 Å². The highest BCUT2D eigenvalue weighted by Gasteiger charge is 2.53. The van der Waals surface area contributed by atoms with Crippen molar-refractivity contribution >= 4 is 17.9 Å². The quantitative estimate of drug-likeness (QED) is 0.508. The maximum atomic E-state index is 11.3. The van der Waals surface area contributed by atoms with Crippen molar-refractivity contribution < 1.29 is 24.2 Å². The molecule has 0 bridgehead atoms. The number of aliphatic carboxylic acids is 1. The van der Waals surface area contributed by atoms with E-state index in [9.17, 15) is 14.4 Å². The molecule has 0 aromatic heterocycles. The summed E-state index contributed by atoms with van der Waals surface area (Å²) in [6.45, 7) is 1.61. The van der Waals surface area contributed by atoms with E-state index in [1.165, 1.54) is 0 Å². The van der Waals surface area contributed by atoms with Gasteiger partial charge in [-0.2, -0.15) is 0 Å². The summed E-state index contributed by atoms with van der Waals surface area (Å²) < 4.78 is 4.51. The van der Waals surface area contributed by atoms with Crippen LogP contribution in [0.15, 0.2) is 0 Å². The van der Waals surface area contributed by atoms with Crippen molar-refractivity contribution in [2.24, 2.45) is 17.3 Å². The zero-order valence-corrected chi connectivity index (χ0v) is 8.36. The van der Waals surface area contributed by atoms with E-state index in [0.717, 1.165) is 0 Å². The second kappa shape index (κ2) is 3.05. The van der Waals surface area contributed by atoms with E-state index in [2.05, 4.69) is 4.74 Å². The summed E-state index contributed by atoms with van der Waals surface area (Å²) in [5, 5.41) is 9.03. The zero-order chi connectivity index (χ0) is 11.2. The molecule has 1 aliphatic heterocycles. The van der Waals surface area contributed by atoms with E-state index in [-0.39, 0.29) is 6.42 Å². The fourth-order valence-electron chi connectivity index (χ4n) is 2.38. The molecular formula is C10H12O5. The van der Waals surface area contributed by atoms with Gasteiger partial charge in [-0.05, 0) is 26.2 Å². The normalized spacial score (nSPS) is 39.8. The van der Waals surface area contributed by atoms with Crippen LogP contribution < -0.4 is 0 Å². The number of carbonyl (C=O) groups is 3. The fourth-order valence-corrected chi connectivity index (χ4v) is 2.38. The average molecular weight is 212 g/mol. The van der Waals surface area contributed by atoms with Gasteiger partial charge in [0.1, 0.15) is 0 Å². The van der Waals surface area contributed by atoms with Crippen LogP contribution in [-0.4, -0.2) is 23.0 Å². The van der Waals surface area contributed by atoms with Crippen LogP contribution in [0.5, 0.6) is 0 Å². The standard InChI is InChI=1S/C10H12O5/c1-10(9(13)14)3-2-5-6(4-10)8(12)15-7(5)11/h5-6H,2-4H2,1H3,(H,13,14). The van der Waals surface area contributed by atoms with Gasteiger partial charge in [-0.3, -0.25) is 14.4 Å². The van der Waals surface area contributed by atoms with Gasteiger partial charge in [-0.25, -0.2) is 0 Å². The minimum Gasteiger partial charge on any atom is -0.481 e. The van der Waals surface area contributed by atoms with Gasteiger partial charge in [0.15, 0.2) is 0 Å². The monoisotopic (exact) mass is 212 g/mol. The molecule has 0 aromatic rings. The molecule has 3 atom stereocenters. The van der Waals surface area contributed by atoms with Crippen LogP contribution in [0.3, 0.4) is 0 Å². The molecule has 0 spiro atoms. The SMILES string of the molecule is CC1(C(=O)O)CCC2C(=O)OC(=O)C2C1. The second-order valence-corrected chi connectivity index (χ2v) is 4.56. The molecule has 0 radical (unpaired) electrons. The Hall–Kier alpha value is -1.39. The third-order valence-corrected chi connectivity index (χ3v) is 3.49. The molecule has 2 fully saturated rings. The Morgan fingerprint density at radius 2 is 2.00 bits per heavy atom. The summed E-state index contributed by atoms with van der Waals surface area (Å²) in [5.74, 6) is -2.92. The minimum absolute atomic E-state index is 0.206. The van der Waals surface area contributed by atoms with Crippen LogP contribution in [0.25, 0.3) is 0 Å². The van der Waals surface area contributed by atoms with Crippen LogP contribution in [0.4, 0.5) is 0 Å². The molecule has 2 rings (SSSR count). The van der Waals surface area contributed by atoms with Gasteiger partial charge >= 0.3 is 17.9 Å². The lowest BCUT2D eigenvalue weighted by atomic mass is 9.67. The third kappa shape index (κ3) is 1.42. The van der Waals surface area contributed by atoms with Crippen LogP contribution in [0.2, 0.25) is 0 Å². The topological polar surface area (TPSA) is 80.7 Å². The number of esters is 2. The number of cyclic esters (lactones) is 2. The summed E-state index contributed by atoms with van der Waals surface area (Å²) in [6.07, 6.45) is 1.06. The molecule has 1 aliphatic carbocycles. The molecule has 1 saturated carbocycles. The highest BCUT2D eigenvalue weighted by molar-refractivity contribution is 5.97. The Kier molecular flexibility index (Phi) is 2.06. The number of hydrogen-bond acceptors (Lipinski definition) is 4. The first-order chi connectivity index (χ1) is 6.94. The molecular weight excluding hydrogens is 200 g/mol. The molecule has 82 valence electrons. The van der Waals surface area contributed by atoms with E-state index in [1.54, 1.807) is 6.92 Å². The highest BCUT2D eigenvalue weighted by Crippen LogP contribution is 2.45. The lowest BCUT2D eigenvalue weighted by molar-refractivity contribution is -0.153. The van der Waals surface area contributed by atoms with Gasteiger partial charge in [0, 0.05) is 0 Å². The lowest BCUT2D eigenvalue weighted by Crippen LogP contribution is -2.38. The largest absolute Gasteiger partial charge is 0.481 e. The Morgan fingerprint density at radius 3 is 2.60 bits per heavy atom. The van der Waals surface area contributed by atoms with Crippen molar-refractivity contribution in [2.45, 2.75) is 26.2 Å². The molecule has 1 N–H and O–H groups in total. The molecule has 0 amide bonds. The number of hydrogen-bond donors (Lipinski definition) is 1. The number of carbonyl (C=O) groups excluding carboxylic acids is 2. The van der Waals surface area contributed by atoms with E-state index in [0.29, 0.717) is 12.8 Å². The molecule has 0 aromatic carbocycles. The van der Waals surface area contributed by atoms with Crippen LogP contribution in [0, 0.1) is 17.3 Å². The Labute approximate surface area is 86.4 Å². The van der Waals surface area contributed by atoms with E-state index >= 15 is 0 Å². The molecule has 5 nitrogen and oxygen atoms in total. The van der Waals surface area contributed by atoms with Gasteiger partial charge in [-0.15, -0.1) is 0 Å². The van der Waals surface area contributed by atoms with Crippen molar-refractivity contribution in [3.05, 3.63) is 0 Å². The Balaban J connectivity index is 2.22. The van der Waals surface area contributed by atoms with E-state index in [4.69, 9.17) is 5.11 Å². The van der Waals surface area contributed by atoms with Crippen LogP contribution in [-0.2, 0) is 19.1 Å². The van der Waals surface area contributed by atoms with Crippen molar-refractivity contribution in [3.63, 3.8) is 0 Å². The Bertz CT molecular complexity index is 348. The number of carboxylic acids is 1. The summed E-state index contributed by atoms with van der Waals surface area (Å²) in [4.78, 5) is 33.5. The second-order valence-electron chi connectivity index (χ2n) is 4.56. The molecule has 5 heteroatoms. The summed E-state index contributed by atoms with van der Waals surface area (Å²) >= 11 is 0. The number of ether oxygens (including phenoxy) is 1. The van der Waals surface area contributed by atoms with Crippen molar-refractivity contribution in [2.75, 3.05) is 0 Å². The average Bonchev–Trinajstić information content (AvgIpc) is 2.42. The third-order valence-electron chi connectivity index (χ3n) is 3.49. The van der Waals surface area contributed by atoms with Gasteiger partial charge in [0.2, 0.25) is 0 Å². The summed E-state index contributed by atoms with van der Waals surface area (Å²) in [6, 6.07) is 0. The van der Waals surface area contributed by atoms with Crippen LogP contribution >= 0.6 is 0 Å². The van der Waals surface area contributed by atoms with Gasteiger partial charge in [0.05, 0.1) is 17.3 Å². The first-order valence-electron chi connectivity index (χ1n) is 4.93. The lowest BCUT2D eigenvalue weighted by Gasteiger charge is -2.33. The Morgan fingerprint density at radius 1 is 1.40 bits per heavy atom. The van der Waals surface area contributed by atoms with Crippen molar-refractivity contribution in [1.29, 1.82) is 0 Å². The number of fused-ring (bicyclic) bond motifs is 1. The zero-order valence-electron chi connectivity index (χ0n) is 8.36. The summed E-state index contributed by atoms with van der Waals surface area (Å²) in [5.41, 5.74) is -0.898. The predicted octanol–water partition coefficient (Wildman–Crippen LogP) is 0.577. The molecule has 1 saturated heterocycles. The smallest absolute Gasteiger partial charge is 0.317 e. The maximum Gasteiger partial charge on any atom is 0.317 e. The molecule has 15 heavy (non-hydrogen) atoms. The number of carboxylic acid groups (broad SMARTS) is 1. The van der Waals surface area contributed by atoms with Crippen molar-refractivity contribution in [1.82, 2.24) is 0 Å². The molecule has 1 heterocycles. The fraction of sp³-hybridized carbons (Fsp3) is 0.700. The first kappa shape index (κ1) is 10.1. The van der Waals surface area contributed by atoms with E-state index < -0.39 is 35.2 Å². The first-order valence-corrected chi connectivity index (χ1v) is 4.93. The van der Waals surface area contributed by atoms with Crippen molar-refractivity contribution in [3.8, 4) is 0 Å². The van der Waals surface area contributed by atoms with Crippen LogP contribution in [0.1, 0.15) is 26.2 Å². The highest BCUT2D eigenvalue weighted by atomic mass is 16.6. The minimum atomic E-state index is -0.909. The van der Waals surface area contributed by atoms with E-state index in [1.807, 2.05) is 0 Å².